The third-order valence-corrected chi connectivity index (χ3v) is 8.49. The predicted molar refractivity (Wildman–Crippen MR) is 190 cm³/mol. The maximum Gasteiger partial charge on any atom is 0.136 e. The van der Waals surface area contributed by atoms with E-state index in [0.29, 0.717) is 55.3 Å². The summed E-state index contributed by atoms with van der Waals surface area (Å²) in [6.07, 6.45) is 0. The van der Waals surface area contributed by atoms with Gasteiger partial charge < -0.3 is 4.42 Å². The first-order valence-corrected chi connectivity index (χ1v) is 14.7. The fraction of sp³-hybridized carbons (Fsp3) is 0. The molecule has 210 valence electrons. The molecule has 0 aliphatic heterocycles. The largest absolute Gasteiger partial charge is 0.456 e. The third-order valence-electron chi connectivity index (χ3n) is 8.49. The molecule has 0 radical (unpaired) electrons. The van der Waals surface area contributed by atoms with Crippen molar-refractivity contribution in [1.29, 1.82) is 0 Å². The van der Waals surface area contributed by atoms with Crippen LogP contribution in [0.3, 0.4) is 0 Å². The highest BCUT2D eigenvalue weighted by molar-refractivity contribution is 6.24. The van der Waals surface area contributed by atoms with E-state index in [1.807, 2.05) is 115 Å². The fourth-order valence-corrected chi connectivity index (χ4v) is 6.58. The lowest BCUT2D eigenvalue weighted by molar-refractivity contribution is 0.669. The maximum atomic E-state index is 9.33. The number of fused-ring (bicyclic) bond motifs is 5. The highest BCUT2D eigenvalue weighted by Crippen LogP contribution is 2.49. The summed E-state index contributed by atoms with van der Waals surface area (Å²) in [7, 11) is 0. The topological polar surface area (TPSA) is 13.1 Å². The minimum atomic E-state index is -0.480. The van der Waals surface area contributed by atoms with Crippen molar-refractivity contribution in [1.82, 2.24) is 0 Å². The Kier molecular flexibility index (Phi) is 4.15. The van der Waals surface area contributed by atoms with Crippen molar-refractivity contribution >= 4 is 43.5 Å². The lowest BCUT2D eigenvalue weighted by Crippen LogP contribution is -1.94. The van der Waals surface area contributed by atoms with Gasteiger partial charge in [0.05, 0.1) is 12.3 Å². The Bertz CT molecular complexity index is 2960. The number of furan rings is 1. The Balaban J connectivity index is 1.49. The highest BCUT2D eigenvalue weighted by Gasteiger charge is 2.22. The molecule has 0 aliphatic carbocycles. The van der Waals surface area contributed by atoms with Gasteiger partial charge in [0.25, 0.3) is 0 Å². The molecule has 1 heteroatoms. The van der Waals surface area contributed by atoms with E-state index in [0.717, 1.165) is 27.1 Å². The van der Waals surface area contributed by atoms with Gasteiger partial charge in [-0.15, -0.1) is 0 Å². The Labute approximate surface area is 274 Å². The minimum absolute atomic E-state index is 0.0592. The molecule has 0 amide bonds. The Morgan fingerprint density at radius 2 is 0.889 bits per heavy atom. The van der Waals surface area contributed by atoms with Crippen LogP contribution in [0.4, 0.5) is 0 Å². The molecule has 1 heterocycles. The molecule has 0 saturated carbocycles. The van der Waals surface area contributed by atoms with Crippen LogP contribution >= 0.6 is 0 Å². The number of benzene rings is 8. The third kappa shape index (κ3) is 4.09. The maximum absolute atomic E-state index is 9.33. The molecule has 0 bridgehead atoms. The normalized spacial score (nSPS) is 14.4. The first kappa shape index (κ1) is 18.0. The molecule has 9 rings (SSSR count). The van der Waals surface area contributed by atoms with Gasteiger partial charge in [-0.2, -0.15) is 0 Å². The molecule has 0 spiro atoms. The summed E-state index contributed by atoms with van der Waals surface area (Å²) in [6.45, 7) is 0. The molecule has 45 heavy (non-hydrogen) atoms. The SMILES string of the molecule is [2H]c1c([2H])c([2H])c(-c2cc3c(cc2-c2c4ccccc4c(-c4c([2H])c([2H])c([2H])c([2H])c4-c4ccccc4)c4ccccc24)oc2ccccc23)c([2H])c1[2H]. The molecule has 0 atom stereocenters. The standard InChI is InChI=1S/C44H28O/c1-3-15-29(16-4-1)31-19-7-8-21-33(31)43-34-22-9-11-24-36(34)44(37-25-12-10-23-35(37)43)40-28-42-39(32-20-13-14-26-41(32)45-42)27-38(40)30-17-5-2-6-18-30/h1-28H/i2D,5D,6D,7D,8D,17D,18D,19D,21D. The van der Waals surface area contributed by atoms with Crippen LogP contribution in [0.1, 0.15) is 12.3 Å². The van der Waals surface area contributed by atoms with Crippen molar-refractivity contribution in [2.75, 3.05) is 0 Å². The van der Waals surface area contributed by atoms with Gasteiger partial charge in [0.15, 0.2) is 0 Å². The summed E-state index contributed by atoms with van der Waals surface area (Å²) in [5.41, 5.74) is 5.02. The zero-order valence-corrected chi connectivity index (χ0v) is 23.9. The van der Waals surface area contributed by atoms with E-state index >= 15 is 0 Å². The van der Waals surface area contributed by atoms with Crippen molar-refractivity contribution in [3.63, 3.8) is 0 Å². The molecule has 0 saturated heterocycles. The van der Waals surface area contributed by atoms with Gasteiger partial charge in [-0.1, -0.05) is 151 Å². The van der Waals surface area contributed by atoms with Gasteiger partial charge >= 0.3 is 0 Å². The first-order chi connectivity index (χ1) is 26.1. The summed E-state index contributed by atoms with van der Waals surface area (Å²) in [5, 5.41) is 4.46. The Morgan fingerprint density at radius 3 is 1.56 bits per heavy atom. The molecule has 9 aromatic rings. The van der Waals surface area contributed by atoms with Gasteiger partial charge in [0.1, 0.15) is 11.2 Å². The monoisotopic (exact) mass is 581 g/mol. The number of para-hydroxylation sites is 1. The summed E-state index contributed by atoms with van der Waals surface area (Å²) >= 11 is 0. The van der Waals surface area contributed by atoms with E-state index in [-0.39, 0.29) is 41.8 Å². The summed E-state index contributed by atoms with van der Waals surface area (Å²) < 4.78 is 85.8. The molecule has 1 nitrogen and oxygen atoms in total. The quantitative estimate of drug-likeness (QED) is 0.188. The fourth-order valence-electron chi connectivity index (χ4n) is 6.58. The van der Waals surface area contributed by atoms with Gasteiger partial charge in [0.2, 0.25) is 0 Å². The van der Waals surface area contributed by atoms with Crippen LogP contribution in [0.2, 0.25) is 0 Å². The van der Waals surface area contributed by atoms with Gasteiger partial charge in [-0.05, 0) is 84.3 Å². The molecule has 0 unspecified atom stereocenters. The van der Waals surface area contributed by atoms with Gasteiger partial charge in [-0.3, -0.25) is 0 Å². The van der Waals surface area contributed by atoms with E-state index in [2.05, 4.69) is 0 Å². The molecule has 0 aliphatic rings. The lowest BCUT2D eigenvalue weighted by atomic mass is 9.82. The van der Waals surface area contributed by atoms with Gasteiger partial charge in [0, 0.05) is 10.8 Å². The van der Waals surface area contributed by atoms with Gasteiger partial charge in [-0.25, -0.2) is 0 Å². The predicted octanol–water partition coefficient (Wildman–Crippen LogP) is 12.6. The second kappa shape index (κ2) is 10.4. The van der Waals surface area contributed by atoms with Crippen LogP contribution in [0.5, 0.6) is 0 Å². The van der Waals surface area contributed by atoms with Crippen LogP contribution in [0, 0.1) is 0 Å². The average molecular weight is 582 g/mol. The molecule has 1 aromatic heterocycles. The van der Waals surface area contributed by atoms with E-state index in [1.54, 1.807) is 0 Å². The van der Waals surface area contributed by atoms with E-state index < -0.39 is 18.1 Å². The van der Waals surface area contributed by atoms with Crippen molar-refractivity contribution in [2.24, 2.45) is 0 Å². The Morgan fingerprint density at radius 1 is 0.356 bits per heavy atom. The smallest absolute Gasteiger partial charge is 0.136 e. The van der Waals surface area contributed by atoms with Crippen molar-refractivity contribution in [3.8, 4) is 44.5 Å². The number of hydrogen-bond donors (Lipinski definition) is 0. The summed E-state index contributed by atoms with van der Waals surface area (Å²) in [4.78, 5) is 0. The van der Waals surface area contributed by atoms with Crippen LogP contribution in [-0.4, -0.2) is 0 Å². The number of rotatable bonds is 4. The number of hydrogen-bond acceptors (Lipinski definition) is 1. The highest BCUT2D eigenvalue weighted by atomic mass is 16.3. The first-order valence-electron chi connectivity index (χ1n) is 19.2. The summed E-state index contributed by atoms with van der Waals surface area (Å²) in [6, 6.07) is 32.9. The molecular weight excluding hydrogens is 544 g/mol. The molecular formula is C44H28O. The van der Waals surface area contributed by atoms with Crippen LogP contribution in [0.25, 0.3) is 88.0 Å². The van der Waals surface area contributed by atoms with Crippen LogP contribution in [-0.2, 0) is 0 Å². The minimum Gasteiger partial charge on any atom is -0.456 e. The van der Waals surface area contributed by atoms with Crippen molar-refractivity contribution in [2.45, 2.75) is 0 Å². The van der Waals surface area contributed by atoms with Crippen molar-refractivity contribution < 1.29 is 16.8 Å². The Hall–Kier alpha value is -5.92. The lowest BCUT2D eigenvalue weighted by Gasteiger charge is -2.21. The van der Waals surface area contributed by atoms with E-state index in [9.17, 15) is 1.37 Å². The van der Waals surface area contributed by atoms with Crippen LogP contribution < -0.4 is 0 Å². The van der Waals surface area contributed by atoms with Crippen molar-refractivity contribution in [3.05, 3.63) is 170 Å². The zero-order chi connectivity index (χ0) is 37.6. The molecule has 0 fully saturated rings. The van der Waals surface area contributed by atoms with E-state index in [4.69, 9.17) is 15.4 Å². The zero-order valence-electron chi connectivity index (χ0n) is 32.9. The van der Waals surface area contributed by atoms with E-state index in [1.165, 1.54) is 0 Å². The molecule has 0 N–H and O–H groups in total. The molecule has 8 aromatic carbocycles. The second-order valence-electron chi connectivity index (χ2n) is 10.9. The second-order valence-corrected chi connectivity index (χ2v) is 10.9. The summed E-state index contributed by atoms with van der Waals surface area (Å²) in [5.74, 6) is 0. The average Bonchev–Trinajstić information content (AvgIpc) is 3.56. The van der Waals surface area contributed by atoms with Crippen LogP contribution in [0.15, 0.2) is 174 Å².